The minimum atomic E-state index is -0.902. The molecule has 5 heteroatoms. The first-order chi connectivity index (χ1) is 12.0. The number of hydrogen-bond donors (Lipinski definition) is 2. The van der Waals surface area contributed by atoms with Crippen molar-refractivity contribution in [2.45, 2.75) is 26.9 Å². The number of amides is 1. The van der Waals surface area contributed by atoms with Crippen molar-refractivity contribution in [2.75, 3.05) is 5.32 Å². The summed E-state index contributed by atoms with van der Waals surface area (Å²) in [6.07, 6.45) is 0.698. The number of aromatic nitrogens is 1. The molecule has 0 saturated heterocycles. The Labute approximate surface area is 146 Å². The number of esters is 1. The molecule has 3 aromatic rings. The molecular formula is C20H20N2O3. The normalized spacial score (nSPS) is 12.0. The van der Waals surface area contributed by atoms with Crippen LogP contribution < -0.4 is 5.32 Å². The summed E-state index contributed by atoms with van der Waals surface area (Å²) in [6, 6.07) is 13.3. The van der Waals surface area contributed by atoms with Crippen LogP contribution in [0.15, 0.2) is 48.7 Å². The molecule has 0 aliphatic heterocycles. The maximum atomic E-state index is 12.4. The fourth-order valence-electron chi connectivity index (χ4n) is 2.62. The molecule has 2 aromatic carbocycles. The van der Waals surface area contributed by atoms with Gasteiger partial charge in [0.05, 0.1) is 5.56 Å². The summed E-state index contributed by atoms with van der Waals surface area (Å²) >= 11 is 0. The molecule has 3 rings (SSSR count). The van der Waals surface area contributed by atoms with Crippen LogP contribution in [0.25, 0.3) is 10.9 Å². The van der Waals surface area contributed by atoms with E-state index < -0.39 is 12.1 Å². The van der Waals surface area contributed by atoms with Gasteiger partial charge in [0.15, 0.2) is 6.10 Å². The second-order valence-electron chi connectivity index (χ2n) is 6.10. The maximum absolute atomic E-state index is 12.4. The van der Waals surface area contributed by atoms with Gasteiger partial charge in [-0.1, -0.05) is 30.3 Å². The van der Waals surface area contributed by atoms with Gasteiger partial charge in [-0.05, 0) is 44.0 Å². The third kappa shape index (κ3) is 3.55. The highest BCUT2D eigenvalue weighted by atomic mass is 16.5. The molecule has 0 aliphatic rings. The Hall–Kier alpha value is -3.08. The molecule has 1 amide bonds. The van der Waals surface area contributed by atoms with Gasteiger partial charge in [-0.3, -0.25) is 4.79 Å². The third-order valence-corrected chi connectivity index (χ3v) is 4.11. The summed E-state index contributed by atoms with van der Waals surface area (Å²) in [5.74, 6) is -0.886. The molecule has 0 fully saturated rings. The molecule has 2 N–H and O–H groups in total. The zero-order valence-electron chi connectivity index (χ0n) is 14.4. The summed E-state index contributed by atoms with van der Waals surface area (Å²) in [5, 5.41) is 3.59. The van der Waals surface area contributed by atoms with Crippen molar-refractivity contribution < 1.29 is 14.3 Å². The number of aromatic amines is 1. The molecule has 5 nitrogen and oxygen atoms in total. The minimum Gasteiger partial charge on any atom is -0.449 e. The first-order valence-electron chi connectivity index (χ1n) is 8.11. The average molecular weight is 336 g/mol. The van der Waals surface area contributed by atoms with Crippen molar-refractivity contribution >= 4 is 28.5 Å². The van der Waals surface area contributed by atoms with E-state index in [1.165, 1.54) is 0 Å². The lowest BCUT2D eigenvalue weighted by atomic mass is 10.1. The fourth-order valence-corrected chi connectivity index (χ4v) is 2.62. The number of aryl methyl sites for hydroxylation is 2. The lowest BCUT2D eigenvalue weighted by Crippen LogP contribution is -2.30. The Morgan fingerprint density at radius 2 is 1.88 bits per heavy atom. The monoisotopic (exact) mass is 336 g/mol. The first-order valence-corrected chi connectivity index (χ1v) is 8.11. The number of H-pyrrole nitrogens is 1. The van der Waals surface area contributed by atoms with E-state index in [0.717, 1.165) is 27.7 Å². The molecule has 0 aliphatic carbocycles. The van der Waals surface area contributed by atoms with Crippen molar-refractivity contribution in [2.24, 2.45) is 0 Å². The first kappa shape index (κ1) is 16.8. The molecule has 0 bridgehead atoms. The quantitative estimate of drug-likeness (QED) is 0.708. The Balaban J connectivity index is 1.71. The van der Waals surface area contributed by atoms with E-state index in [9.17, 15) is 9.59 Å². The molecule has 128 valence electrons. The summed E-state index contributed by atoms with van der Waals surface area (Å²) in [5.41, 5.74) is 3.99. The van der Waals surface area contributed by atoms with E-state index in [-0.39, 0.29) is 5.91 Å². The predicted molar refractivity (Wildman–Crippen MR) is 97.7 cm³/mol. The van der Waals surface area contributed by atoms with Crippen LogP contribution in [0.2, 0.25) is 0 Å². The largest absolute Gasteiger partial charge is 0.449 e. The zero-order valence-corrected chi connectivity index (χ0v) is 14.4. The molecule has 0 radical (unpaired) electrons. The van der Waals surface area contributed by atoms with Crippen molar-refractivity contribution in [3.63, 3.8) is 0 Å². The molecule has 1 aromatic heterocycles. The number of nitrogens with one attached hydrogen (secondary N) is 2. The van der Waals surface area contributed by atoms with Gasteiger partial charge < -0.3 is 15.0 Å². The zero-order chi connectivity index (χ0) is 18.0. The van der Waals surface area contributed by atoms with Crippen LogP contribution in [0.5, 0.6) is 0 Å². The van der Waals surface area contributed by atoms with Crippen LogP contribution in [0, 0.1) is 13.8 Å². The van der Waals surface area contributed by atoms with Gasteiger partial charge >= 0.3 is 5.97 Å². The fraction of sp³-hybridized carbons (Fsp3) is 0.200. The Bertz CT molecular complexity index is 943. The van der Waals surface area contributed by atoms with E-state index in [0.29, 0.717) is 5.56 Å². The van der Waals surface area contributed by atoms with E-state index in [1.54, 1.807) is 13.1 Å². The highest BCUT2D eigenvalue weighted by molar-refractivity contribution is 6.05. The highest BCUT2D eigenvalue weighted by Gasteiger charge is 2.21. The Morgan fingerprint density at radius 3 is 2.68 bits per heavy atom. The van der Waals surface area contributed by atoms with Gasteiger partial charge in [-0.25, -0.2) is 4.79 Å². The number of fused-ring (bicyclic) bond motifs is 1. The van der Waals surface area contributed by atoms with Crippen LogP contribution in [-0.4, -0.2) is 23.0 Å². The minimum absolute atomic E-state index is 0.359. The van der Waals surface area contributed by atoms with Gasteiger partial charge in [0.2, 0.25) is 0 Å². The molecule has 0 unspecified atom stereocenters. The van der Waals surface area contributed by atoms with Crippen molar-refractivity contribution in [1.82, 2.24) is 4.98 Å². The number of hydrogen-bond acceptors (Lipinski definition) is 3. The summed E-state index contributed by atoms with van der Waals surface area (Å²) in [6.45, 7) is 5.43. The average Bonchev–Trinajstić information content (AvgIpc) is 3.02. The van der Waals surface area contributed by atoms with Gasteiger partial charge in [-0.2, -0.15) is 0 Å². The van der Waals surface area contributed by atoms with Crippen LogP contribution >= 0.6 is 0 Å². The molecule has 1 atom stereocenters. The van der Waals surface area contributed by atoms with Gasteiger partial charge in [0.25, 0.3) is 5.91 Å². The van der Waals surface area contributed by atoms with Crippen molar-refractivity contribution in [3.8, 4) is 0 Å². The van der Waals surface area contributed by atoms with Crippen LogP contribution in [0.1, 0.15) is 28.4 Å². The molecule has 25 heavy (non-hydrogen) atoms. The number of carbonyl (C=O) groups is 2. The number of carbonyl (C=O) groups excluding carboxylic acids is 2. The second-order valence-corrected chi connectivity index (χ2v) is 6.10. The second kappa shape index (κ2) is 6.81. The lowest BCUT2D eigenvalue weighted by Gasteiger charge is -2.15. The summed E-state index contributed by atoms with van der Waals surface area (Å²) < 4.78 is 5.34. The van der Waals surface area contributed by atoms with E-state index in [2.05, 4.69) is 10.3 Å². The Kier molecular flexibility index (Phi) is 4.57. The van der Waals surface area contributed by atoms with E-state index in [4.69, 9.17) is 4.74 Å². The summed E-state index contributed by atoms with van der Waals surface area (Å²) in [4.78, 5) is 27.8. The van der Waals surface area contributed by atoms with Crippen LogP contribution in [-0.2, 0) is 9.53 Å². The predicted octanol–water partition coefficient (Wildman–Crippen LogP) is 3.97. The number of ether oxygens (including phenoxy) is 1. The third-order valence-electron chi connectivity index (χ3n) is 4.11. The Morgan fingerprint density at radius 1 is 1.12 bits per heavy atom. The number of rotatable bonds is 4. The topological polar surface area (TPSA) is 71.2 Å². The number of benzene rings is 2. The molecule has 0 spiro atoms. The van der Waals surface area contributed by atoms with Crippen LogP contribution in [0.4, 0.5) is 5.69 Å². The number of anilines is 1. The van der Waals surface area contributed by atoms with Crippen LogP contribution in [0.3, 0.4) is 0 Å². The summed E-state index contributed by atoms with van der Waals surface area (Å²) in [7, 11) is 0. The standard InChI is InChI=1S/C20H20N2O3/c1-12-8-9-13(2)18(10-12)22-19(23)14(3)25-20(24)16-11-21-17-7-5-4-6-15(16)17/h4-11,14,21H,1-3H3,(H,22,23)/t14-/m1/s1. The van der Waals surface area contributed by atoms with Gasteiger partial charge in [-0.15, -0.1) is 0 Å². The van der Waals surface area contributed by atoms with Gasteiger partial charge in [0, 0.05) is 22.8 Å². The SMILES string of the molecule is Cc1ccc(C)c(NC(=O)[C@@H](C)OC(=O)c2c[nH]c3ccccc23)c1. The lowest BCUT2D eigenvalue weighted by molar-refractivity contribution is -0.123. The van der Waals surface area contributed by atoms with E-state index in [1.807, 2.05) is 56.3 Å². The molecular weight excluding hydrogens is 316 g/mol. The smallest absolute Gasteiger partial charge is 0.341 e. The molecule has 0 saturated carbocycles. The van der Waals surface area contributed by atoms with E-state index >= 15 is 0 Å². The van der Waals surface area contributed by atoms with Crippen molar-refractivity contribution in [3.05, 3.63) is 65.4 Å². The highest BCUT2D eigenvalue weighted by Crippen LogP contribution is 2.20. The van der Waals surface area contributed by atoms with Crippen molar-refractivity contribution in [1.29, 1.82) is 0 Å². The number of para-hydroxylation sites is 1. The van der Waals surface area contributed by atoms with Gasteiger partial charge in [0.1, 0.15) is 0 Å². The molecule has 1 heterocycles. The maximum Gasteiger partial charge on any atom is 0.341 e.